The molecule has 176 valence electrons. The number of aromatic amines is 1. The molecule has 1 atom stereocenters. The number of imidazole rings is 1. The van der Waals surface area contributed by atoms with E-state index >= 15 is 0 Å². The second kappa shape index (κ2) is 8.57. The first-order valence-corrected chi connectivity index (χ1v) is 12.3. The van der Waals surface area contributed by atoms with Gasteiger partial charge in [-0.15, -0.1) is 0 Å². The third-order valence-corrected chi connectivity index (χ3v) is 7.11. The Kier molecular flexibility index (Phi) is 5.88. The number of hydrogen-bond donors (Lipinski definition) is 1. The van der Waals surface area contributed by atoms with Crippen molar-refractivity contribution in [3.8, 4) is 11.5 Å². The van der Waals surface area contributed by atoms with Crippen molar-refractivity contribution in [3.63, 3.8) is 0 Å². The predicted octanol–water partition coefficient (Wildman–Crippen LogP) is 5.80. The van der Waals surface area contributed by atoms with Gasteiger partial charge in [0.2, 0.25) is 0 Å². The molecule has 33 heavy (non-hydrogen) atoms. The van der Waals surface area contributed by atoms with Gasteiger partial charge >= 0.3 is 5.69 Å². The van der Waals surface area contributed by atoms with Crippen molar-refractivity contribution in [3.05, 3.63) is 56.4 Å². The van der Waals surface area contributed by atoms with E-state index in [1.54, 1.807) is 6.07 Å². The van der Waals surface area contributed by atoms with Crippen LogP contribution in [-0.4, -0.2) is 39.4 Å². The zero-order chi connectivity index (χ0) is 23.3. The van der Waals surface area contributed by atoms with Crippen molar-refractivity contribution in [2.24, 2.45) is 0 Å². The maximum absolute atomic E-state index is 12.7. The molecule has 1 aromatic heterocycles. The molecule has 0 amide bonds. The summed E-state index contributed by atoms with van der Waals surface area (Å²) in [7, 11) is 0. The van der Waals surface area contributed by atoms with Gasteiger partial charge < -0.3 is 14.5 Å². The number of hydrogen-bond acceptors (Lipinski definition) is 4. The van der Waals surface area contributed by atoms with Gasteiger partial charge in [-0.1, -0.05) is 30.1 Å². The molecule has 1 fully saturated rings. The van der Waals surface area contributed by atoms with E-state index in [0.29, 0.717) is 15.8 Å². The predicted molar refractivity (Wildman–Crippen MR) is 132 cm³/mol. The van der Waals surface area contributed by atoms with Gasteiger partial charge in [0.1, 0.15) is 5.60 Å². The second-order valence-corrected chi connectivity index (χ2v) is 10.5. The maximum atomic E-state index is 12.7. The third-order valence-electron chi connectivity index (χ3n) is 6.65. The molecule has 8 heteroatoms. The molecule has 0 spiro atoms. The molecule has 1 saturated heterocycles. The van der Waals surface area contributed by atoms with Gasteiger partial charge in [-0.25, -0.2) is 4.79 Å². The number of aromatic nitrogens is 2. The van der Waals surface area contributed by atoms with Gasteiger partial charge in [-0.3, -0.25) is 9.47 Å². The number of likely N-dealkylation sites (tertiary alicyclic amines) is 1. The highest BCUT2D eigenvalue weighted by Gasteiger charge is 2.34. The van der Waals surface area contributed by atoms with E-state index in [9.17, 15) is 4.79 Å². The summed E-state index contributed by atoms with van der Waals surface area (Å²) in [6.45, 7) is 7.94. The summed E-state index contributed by atoms with van der Waals surface area (Å²) in [6, 6.07) is 9.47. The Balaban J connectivity index is 1.32. The van der Waals surface area contributed by atoms with E-state index in [1.807, 2.05) is 28.8 Å². The average molecular weight is 490 g/mol. The van der Waals surface area contributed by atoms with E-state index in [2.05, 4.69) is 30.7 Å². The zero-order valence-electron chi connectivity index (χ0n) is 19.2. The van der Waals surface area contributed by atoms with Crippen LogP contribution < -0.4 is 15.2 Å². The summed E-state index contributed by atoms with van der Waals surface area (Å²) in [5, 5.41) is 1.29. The normalized spacial score (nSPS) is 19.4. The van der Waals surface area contributed by atoms with Crippen molar-refractivity contribution in [1.29, 1.82) is 0 Å². The van der Waals surface area contributed by atoms with Crippen molar-refractivity contribution >= 4 is 34.2 Å². The molecule has 1 N–H and O–H groups in total. The molecule has 2 aromatic carbocycles. The van der Waals surface area contributed by atoms with Crippen molar-refractivity contribution in [2.45, 2.75) is 64.3 Å². The Hall–Kier alpha value is -2.15. The largest absolute Gasteiger partial charge is 0.483 e. The van der Waals surface area contributed by atoms with Crippen LogP contribution in [0.4, 0.5) is 0 Å². The van der Waals surface area contributed by atoms with Crippen molar-refractivity contribution < 1.29 is 9.47 Å². The highest BCUT2D eigenvalue weighted by Crippen LogP contribution is 2.44. The van der Waals surface area contributed by atoms with Crippen LogP contribution in [0.1, 0.15) is 51.6 Å². The first-order valence-electron chi connectivity index (χ1n) is 11.6. The number of rotatable bonds is 5. The average Bonchev–Trinajstić information content (AvgIpc) is 3.25. The monoisotopic (exact) mass is 489 g/mol. The van der Waals surface area contributed by atoms with E-state index in [1.165, 1.54) is 0 Å². The fraction of sp³-hybridized carbons (Fsp3) is 0.480. The van der Waals surface area contributed by atoms with Gasteiger partial charge in [-0.05, 0) is 57.4 Å². The minimum absolute atomic E-state index is 0.0803. The number of piperidine rings is 1. The highest BCUT2D eigenvalue weighted by atomic mass is 35.5. The summed E-state index contributed by atoms with van der Waals surface area (Å²) in [5.74, 6) is 1.51. The summed E-state index contributed by atoms with van der Waals surface area (Å²) >= 11 is 12.6. The smallest absolute Gasteiger partial charge is 0.326 e. The van der Waals surface area contributed by atoms with Crippen LogP contribution in [-0.2, 0) is 6.42 Å². The number of H-pyrrole nitrogens is 1. The van der Waals surface area contributed by atoms with Crippen molar-refractivity contribution in [1.82, 2.24) is 14.5 Å². The SMILES string of the molecule is CCC(Oc1cc(Cl)cc2c1OC(C)(C)C2)N1CCC(n2c(=O)[nH]c3ccc(Cl)cc32)CC1. The van der Waals surface area contributed by atoms with Crippen LogP contribution in [0.15, 0.2) is 35.1 Å². The van der Waals surface area contributed by atoms with Gasteiger partial charge in [0.25, 0.3) is 0 Å². The molecule has 1 unspecified atom stereocenters. The van der Waals surface area contributed by atoms with Gasteiger partial charge in [0.05, 0.1) is 11.0 Å². The number of benzene rings is 2. The molecule has 0 bridgehead atoms. The molecule has 6 nitrogen and oxygen atoms in total. The van der Waals surface area contributed by atoms with E-state index in [4.69, 9.17) is 32.7 Å². The van der Waals surface area contributed by atoms with Crippen LogP contribution in [0, 0.1) is 0 Å². The number of nitrogens with zero attached hydrogens (tertiary/aromatic N) is 2. The van der Waals surface area contributed by atoms with Gasteiger partial charge in [-0.2, -0.15) is 0 Å². The molecular formula is C25H29Cl2N3O3. The number of halogens is 2. The number of ether oxygens (including phenoxy) is 2. The lowest BCUT2D eigenvalue weighted by atomic mass is 10.0. The lowest BCUT2D eigenvalue weighted by molar-refractivity contribution is -0.00180. The zero-order valence-corrected chi connectivity index (χ0v) is 20.7. The lowest BCUT2D eigenvalue weighted by Gasteiger charge is -2.37. The molecule has 0 aliphatic carbocycles. The molecule has 0 radical (unpaired) electrons. The Bertz CT molecular complexity index is 1240. The molecule has 3 aromatic rings. The van der Waals surface area contributed by atoms with Crippen molar-refractivity contribution in [2.75, 3.05) is 13.1 Å². The van der Waals surface area contributed by atoms with E-state index in [0.717, 1.165) is 61.1 Å². The molecule has 5 rings (SSSR count). The summed E-state index contributed by atoms with van der Waals surface area (Å²) in [5.41, 5.74) is 2.43. The van der Waals surface area contributed by atoms with E-state index < -0.39 is 0 Å². The highest BCUT2D eigenvalue weighted by molar-refractivity contribution is 6.31. The first-order chi connectivity index (χ1) is 15.7. The second-order valence-electron chi connectivity index (χ2n) is 9.64. The topological polar surface area (TPSA) is 59.5 Å². The standard InChI is InChI=1S/C25H29Cl2N3O3/c1-4-22(32-21-13-17(27)11-15-14-25(2,3)33-23(15)21)29-9-7-18(8-10-29)30-20-12-16(26)5-6-19(20)28-24(30)31/h5-6,11-13,18,22H,4,7-10,14H2,1-3H3,(H,28,31). The summed E-state index contributed by atoms with van der Waals surface area (Å²) in [6.07, 6.45) is 3.27. The van der Waals surface area contributed by atoms with Gasteiger partial charge in [0.15, 0.2) is 17.7 Å². The molecule has 2 aliphatic heterocycles. The molecule has 2 aliphatic rings. The maximum Gasteiger partial charge on any atom is 0.326 e. The minimum atomic E-state index is -0.263. The minimum Gasteiger partial charge on any atom is -0.483 e. The van der Waals surface area contributed by atoms with Crippen LogP contribution in [0.25, 0.3) is 11.0 Å². The Morgan fingerprint density at radius 1 is 1.18 bits per heavy atom. The van der Waals surface area contributed by atoms with Gasteiger partial charge in [0, 0.05) is 47.2 Å². The molecule has 0 saturated carbocycles. The lowest BCUT2D eigenvalue weighted by Crippen LogP contribution is -2.45. The Morgan fingerprint density at radius 2 is 1.94 bits per heavy atom. The fourth-order valence-corrected chi connectivity index (χ4v) is 5.58. The van der Waals surface area contributed by atoms with E-state index in [-0.39, 0.29) is 23.6 Å². The fourth-order valence-electron chi connectivity index (χ4n) is 5.18. The Morgan fingerprint density at radius 3 is 2.67 bits per heavy atom. The van der Waals surface area contributed by atoms with Crippen LogP contribution in [0.5, 0.6) is 11.5 Å². The van der Waals surface area contributed by atoms with Crippen LogP contribution >= 0.6 is 23.2 Å². The van der Waals surface area contributed by atoms with Crippen LogP contribution in [0.3, 0.4) is 0 Å². The number of fused-ring (bicyclic) bond motifs is 2. The molecule has 3 heterocycles. The number of nitrogens with one attached hydrogen (secondary N) is 1. The Labute approximate surface area is 203 Å². The van der Waals surface area contributed by atoms with Crippen LogP contribution in [0.2, 0.25) is 10.0 Å². The quantitative estimate of drug-likeness (QED) is 0.491. The third kappa shape index (κ3) is 4.36. The molecular weight excluding hydrogens is 461 g/mol. The summed E-state index contributed by atoms with van der Waals surface area (Å²) in [4.78, 5) is 17.9. The summed E-state index contributed by atoms with van der Waals surface area (Å²) < 4.78 is 14.5. The first kappa shape index (κ1) is 22.6.